The van der Waals surface area contributed by atoms with Crippen LogP contribution in [-0.2, 0) is 11.3 Å². The summed E-state index contributed by atoms with van der Waals surface area (Å²) in [4.78, 5) is 36.3. The number of anilines is 2. The first kappa shape index (κ1) is 20.6. The standard InChI is InChI=1S/C20H22ClN5O3S/c1-12-4-3-7-25(9-12)20-24-18-17(30-20)19(28)26(11-22-18)10-16(27)23-13-5-6-15(29-2)14(21)8-13/h5-6,8,11-12H,3-4,7,9-10H2,1-2H3,(H,23,27)/t12-/m1/s1. The molecule has 1 atom stereocenters. The first-order valence-corrected chi connectivity index (χ1v) is 10.9. The summed E-state index contributed by atoms with van der Waals surface area (Å²) in [6.45, 7) is 3.94. The number of amides is 1. The van der Waals surface area contributed by atoms with Gasteiger partial charge >= 0.3 is 0 Å². The van der Waals surface area contributed by atoms with E-state index in [1.54, 1.807) is 18.2 Å². The SMILES string of the molecule is COc1ccc(NC(=O)Cn2cnc3nc(N4CCC[C@@H](C)C4)sc3c2=O)cc1Cl. The molecule has 3 heterocycles. The fourth-order valence-corrected chi connectivity index (χ4v) is 4.81. The van der Waals surface area contributed by atoms with Crippen molar-refractivity contribution in [2.75, 3.05) is 30.4 Å². The third-order valence-electron chi connectivity index (χ3n) is 5.05. The Bertz CT molecular complexity index is 1150. The number of ether oxygens (including phenoxy) is 1. The van der Waals surface area contributed by atoms with Gasteiger partial charge in [-0.25, -0.2) is 4.98 Å². The van der Waals surface area contributed by atoms with Gasteiger partial charge in [0.2, 0.25) is 5.91 Å². The Labute approximate surface area is 182 Å². The summed E-state index contributed by atoms with van der Waals surface area (Å²) >= 11 is 7.43. The largest absolute Gasteiger partial charge is 0.495 e. The second-order valence-corrected chi connectivity index (χ2v) is 8.80. The minimum atomic E-state index is -0.353. The number of methoxy groups -OCH3 is 1. The number of benzene rings is 1. The quantitative estimate of drug-likeness (QED) is 0.644. The van der Waals surface area contributed by atoms with Gasteiger partial charge in [-0.05, 0) is 37.0 Å². The Hall–Kier alpha value is -2.65. The highest BCUT2D eigenvalue weighted by Crippen LogP contribution is 2.29. The predicted molar refractivity (Wildman–Crippen MR) is 119 cm³/mol. The Morgan fingerprint density at radius 1 is 1.43 bits per heavy atom. The van der Waals surface area contributed by atoms with Crippen molar-refractivity contribution in [3.05, 3.63) is 39.9 Å². The molecule has 158 valence electrons. The minimum Gasteiger partial charge on any atom is -0.495 e. The zero-order valence-corrected chi connectivity index (χ0v) is 18.3. The maximum atomic E-state index is 12.9. The lowest BCUT2D eigenvalue weighted by Crippen LogP contribution is -2.34. The lowest BCUT2D eigenvalue weighted by Gasteiger charge is -2.30. The van der Waals surface area contributed by atoms with Crippen LogP contribution in [0.15, 0.2) is 29.3 Å². The lowest BCUT2D eigenvalue weighted by molar-refractivity contribution is -0.116. The molecular formula is C20H22ClN5O3S. The molecule has 1 N–H and O–H groups in total. The van der Waals surface area contributed by atoms with Crippen LogP contribution in [0.25, 0.3) is 10.3 Å². The molecule has 0 spiro atoms. The number of halogens is 1. The molecule has 0 radical (unpaired) electrons. The Kier molecular flexibility index (Phi) is 5.92. The third kappa shape index (κ3) is 4.27. The number of piperidine rings is 1. The topological polar surface area (TPSA) is 89.3 Å². The molecule has 3 aromatic rings. The second-order valence-electron chi connectivity index (χ2n) is 7.42. The van der Waals surface area contributed by atoms with E-state index in [2.05, 4.69) is 27.1 Å². The lowest BCUT2D eigenvalue weighted by atomic mass is 10.0. The molecule has 1 fully saturated rings. The van der Waals surface area contributed by atoms with E-state index in [4.69, 9.17) is 16.3 Å². The predicted octanol–water partition coefficient (Wildman–Crippen LogP) is 3.39. The molecule has 2 aromatic heterocycles. The fourth-order valence-electron chi connectivity index (χ4n) is 3.55. The van der Waals surface area contributed by atoms with E-state index in [0.717, 1.165) is 24.6 Å². The van der Waals surface area contributed by atoms with E-state index >= 15 is 0 Å². The summed E-state index contributed by atoms with van der Waals surface area (Å²) in [6, 6.07) is 4.94. The van der Waals surface area contributed by atoms with Gasteiger partial charge in [-0.3, -0.25) is 14.2 Å². The maximum absolute atomic E-state index is 12.9. The van der Waals surface area contributed by atoms with Crippen molar-refractivity contribution < 1.29 is 9.53 Å². The van der Waals surface area contributed by atoms with Gasteiger partial charge in [0.15, 0.2) is 10.8 Å². The van der Waals surface area contributed by atoms with Crippen molar-refractivity contribution in [2.24, 2.45) is 5.92 Å². The molecule has 8 nitrogen and oxygen atoms in total. The van der Waals surface area contributed by atoms with Gasteiger partial charge in [0.1, 0.15) is 23.3 Å². The zero-order chi connectivity index (χ0) is 21.3. The Morgan fingerprint density at radius 2 is 2.27 bits per heavy atom. The van der Waals surface area contributed by atoms with Crippen LogP contribution in [-0.4, -0.2) is 40.6 Å². The molecule has 1 aromatic carbocycles. The highest BCUT2D eigenvalue weighted by molar-refractivity contribution is 7.22. The summed E-state index contributed by atoms with van der Waals surface area (Å²) in [5.41, 5.74) is 0.681. The molecule has 0 aliphatic carbocycles. The van der Waals surface area contributed by atoms with Gasteiger partial charge in [-0.1, -0.05) is 29.9 Å². The summed E-state index contributed by atoms with van der Waals surface area (Å²) in [5.74, 6) is 0.768. The fraction of sp³-hybridized carbons (Fsp3) is 0.400. The zero-order valence-electron chi connectivity index (χ0n) is 16.7. The van der Waals surface area contributed by atoms with Crippen molar-refractivity contribution in [3.8, 4) is 5.75 Å². The number of carbonyl (C=O) groups excluding carboxylic acids is 1. The first-order valence-electron chi connectivity index (χ1n) is 9.69. The van der Waals surface area contributed by atoms with Gasteiger partial charge in [-0.2, -0.15) is 4.98 Å². The number of hydrogen-bond donors (Lipinski definition) is 1. The van der Waals surface area contributed by atoms with Crippen LogP contribution in [0, 0.1) is 5.92 Å². The molecule has 0 saturated carbocycles. The molecule has 0 bridgehead atoms. The van der Waals surface area contributed by atoms with Crippen LogP contribution < -0.4 is 20.5 Å². The number of carbonyl (C=O) groups is 1. The highest BCUT2D eigenvalue weighted by Gasteiger charge is 2.21. The number of nitrogens with zero attached hydrogens (tertiary/aromatic N) is 4. The highest BCUT2D eigenvalue weighted by atomic mass is 35.5. The van der Waals surface area contributed by atoms with Gasteiger partial charge < -0.3 is 15.0 Å². The number of nitrogens with one attached hydrogen (secondary N) is 1. The average Bonchev–Trinajstić information content (AvgIpc) is 3.16. The van der Waals surface area contributed by atoms with Crippen molar-refractivity contribution >= 4 is 50.0 Å². The van der Waals surface area contributed by atoms with Gasteiger partial charge in [-0.15, -0.1) is 0 Å². The van der Waals surface area contributed by atoms with Crippen LogP contribution >= 0.6 is 22.9 Å². The molecular weight excluding hydrogens is 426 g/mol. The monoisotopic (exact) mass is 447 g/mol. The second kappa shape index (κ2) is 8.61. The molecule has 1 amide bonds. The van der Waals surface area contributed by atoms with E-state index in [1.165, 1.54) is 35.8 Å². The summed E-state index contributed by atoms with van der Waals surface area (Å²) in [6.07, 6.45) is 3.69. The average molecular weight is 448 g/mol. The van der Waals surface area contributed by atoms with E-state index in [-0.39, 0.29) is 18.0 Å². The van der Waals surface area contributed by atoms with Crippen molar-refractivity contribution in [1.82, 2.24) is 14.5 Å². The van der Waals surface area contributed by atoms with Crippen molar-refractivity contribution in [3.63, 3.8) is 0 Å². The van der Waals surface area contributed by atoms with E-state index < -0.39 is 0 Å². The van der Waals surface area contributed by atoms with Crippen LogP contribution in [0.4, 0.5) is 10.8 Å². The van der Waals surface area contributed by atoms with E-state index in [1.807, 2.05) is 0 Å². The third-order valence-corrected chi connectivity index (χ3v) is 6.44. The number of fused-ring (bicyclic) bond motifs is 1. The summed E-state index contributed by atoms with van der Waals surface area (Å²) in [7, 11) is 1.52. The van der Waals surface area contributed by atoms with E-state index in [9.17, 15) is 9.59 Å². The summed E-state index contributed by atoms with van der Waals surface area (Å²) < 4.78 is 6.86. The minimum absolute atomic E-state index is 0.153. The Balaban J connectivity index is 1.51. The van der Waals surface area contributed by atoms with Gasteiger partial charge in [0.05, 0.1) is 12.1 Å². The molecule has 10 heteroatoms. The first-order chi connectivity index (χ1) is 14.4. The number of rotatable bonds is 5. The maximum Gasteiger partial charge on any atom is 0.273 e. The van der Waals surface area contributed by atoms with Crippen LogP contribution in [0.3, 0.4) is 0 Å². The van der Waals surface area contributed by atoms with Crippen molar-refractivity contribution in [2.45, 2.75) is 26.3 Å². The number of thiazole rings is 1. The van der Waals surface area contributed by atoms with Crippen LogP contribution in [0.5, 0.6) is 5.75 Å². The van der Waals surface area contributed by atoms with E-state index in [0.29, 0.717) is 32.7 Å². The molecule has 0 unspecified atom stereocenters. The van der Waals surface area contributed by atoms with Crippen LogP contribution in [0.2, 0.25) is 5.02 Å². The van der Waals surface area contributed by atoms with Crippen molar-refractivity contribution in [1.29, 1.82) is 0 Å². The number of aromatic nitrogens is 3. The normalized spacial score (nSPS) is 16.6. The smallest absolute Gasteiger partial charge is 0.273 e. The van der Waals surface area contributed by atoms with Gasteiger partial charge in [0, 0.05) is 18.8 Å². The summed E-state index contributed by atoms with van der Waals surface area (Å²) in [5, 5.41) is 3.94. The number of hydrogen-bond acceptors (Lipinski definition) is 7. The van der Waals surface area contributed by atoms with Gasteiger partial charge in [0.25, 0.3) is 5.56 Å². The molecule has 4 rings (SSSR count). The molecule has 30 heavy (non-hydrogen) atoms. The molecule has 1 aliphatic rings. The Morgan fingerprint density at radius 3 is 3.00 bits per heavy atom. The molecule has 1 aliphatic heterocycles. The van der Waals surface area contributed by atoms with Crippen LogP contribution in [0.1, 0.15) is 19.8 Å². The molecule has 1 saturated heterocycles.